The molecule has 0 fully saturated rings. The van der Waals surface area contributed by atoms with Gasteiger partial charge in [-0.05, 0) is 36.4 Å². The first-order chi connectivity index (χ1) is 10.2. The minimum absolute atomic E-state index is 0.151. The summed E-state index contributed by atoms with van der Waals surface area (Å²) >= 11 is 0. The predicted octanol–water partition coefficient (Wildman–Crippen LogP) is 2.40. The van der Waals surface area contributed by atoms with Crippen LogP contribution in [0.4, 0.5) is 4.39 Å². The van der Waals surface area contributed by atoms with E-state index in [1.807, 2.05) is 0 Å². The van der Waals surface area contributed by atoms with Crippen LogP contribution in [0.1, 0.15) is 16.4 Å². The lowest BCUT2D eigenvalue weighted by molar-refractivity contribution is 0.0914. The minimum Gasteiger partial charge on any atom is -0.467 e. The summed E-state index contributed by atoms with van der Waals surface area (Å²) in [6.07, 6.45) is 1.51. The van der Waals surface area contributed by atoms with Gasteiger partial charge in [0.2, 0.25) is 5.89 Å². The molecule has 2 aromatic heterocycles. The summed E-state index contributed by atoms with van der Waals surface area (Å²) in [6.45, 7) is 0.222. The van der Waals surface area contributed by atoms with Crippen LogP contribution in [-0.4, -0.2) is 16.1 Å². The largest absolute Gasteiger partial charge is 0.467 e. The topological polar surface area (TPSA) is 81.2 Å². The maximum atomic E-state index is 12.8. The molecule has 21 heavy (non-hydrogen) atoms. The summed E-state index contributed by atoms with van der Waals surface area (Å²) in [5.41, 5.74) is 0.536. The molecule has 0 bridgehead atoms. The van der Waals surface area contributed by atoms with Crippen molar-refractivity contribution < 1.29 is 18.0 Å². The number of hydrogen-bond acceptors (Lipinski definition) is 5. The number of rotatable bonds is 4. The summed E-state index contributed by atoms with van der Waals surface area (Å²) in [7, 11) is 0. The Labute approximate surface area is 118 Å². The molecule has 0 saturated carbocycles. The maximum absolute atomic E-state index is 12.8. The molecule has 0 atom stereocenters. The first-order valence-electron chi connectivity index (χ1n) is 6.12. The van der Waals surface area contributed by atoms with Gasteiger partial charge in [-0.1, -0.05) is 0 Å². The van der Waals surface area contributed by atoms with Gasteiger partial charge in [0.15, 0.2) is 0 Å². The quantitative estimate of drug-likeness (QED) is 0.796. The lowest BCUT2D eigenvalue weighted by atomic mass is 10.2. The molecule has 0 radical (unpaired) electrons. The number of halogens is 1. The van der Waals surface area contributed by atoms with Gasteiger partial charge in [-0.3, -0.25) is 4.79 Å². The Morgan fingerprint density at radius 2 is 2.00 bits per heavy atom. The van der Waals surface area contributed by atoms with E-state index >= 15 is 0 Å². The molecule has 1 aromatic carbocycles. The Kier molecular flexibility index (Phi) is 3.46. The van der Waals surface area contributed by atoms with Crippen LogP contribution in [0.5, 0.6) is 0 Å². The smallest absolute Gasteiger partial charge is 0.309 e. The second-order valence-corrected chi connectivity index (χ2v) is 4.18. The molecule has 7 heteroatoms. The second kappa shape index (κ2) is 5.58. The Morgan fingerprint density at radius 1 is 1.19 bits per heavy atom. The van der Waals surface area contributed by atoms with Crippen molar-refractivity contribution in [1.29, 1.82) is 0 Å². The number of aromatic nitrogens is 2. The van der Waals surface area contributed by atoms with Crippen LogP contribution in [0.15, 0.2) is 51.5 Å². The molecule has 0 saturated heterocycles. The van der Waals surface area contributed by atoms with E-state index in [0.29, 0.717) is 11.3 Å². The first kappa shape index (κ1) is 13.0. The Morgan fingerprint density at radius 3 is 2.71 bits per heavy atom. The van der Waals surface area contributed by atoms with Gasteiger partial charge in [-0.2, -0.15) is 0 Å². The fraction of sp³-hybridized carbons (Fsp3) is 0.0714. The van der Waals surface area contributed by atoms with Crippen LogP contribution in [0.3, 0.4) is 0 Å². The molecule has 3 rings (SSSR count). The summed E-state index contributed by atoms with van der Waals surface area (Å²) in [5, 5.41) is 10.0. The third-order valence-corrected chi connectivity index (χ3v) is 2.71. The van der Waals surface area contributed by atoms with Crippen molar-refractivity contribution in [2.75, 3.05) is 0 Å². The molecule has 1 amide bonds. The Hall–Kier alpha value is -2.96. The molecule has 0 spiro atoms. The van der Waals surface area contributed by atoms with Crippen LogP contribution in [0.2, 0.25) is 0 Å². The highest BCUT2D eigenvalue weighted by Gasteiger charge is 2.15. The number of benzene rings is 1. The van der Waals surface area contributed by atoms with Crippen LogP contribution in [-0.2, 0) is 6.54 Å². The molecule has 0 aliphatic heterocycles. The number of furan rings is 1. The first-order valence-corrected chi connectivity index (χ1v) is 6.12. The molecule has 0 aliphatic carbocycles. The minimum atomic E-state index is -0.507. The van der Waals surface area contributed by atoms with Crippen molar-refractivity contribution in [2.45, 2.75) is 6.54 Å². The average molecular weight is 287 g/mol. The summed E-state index contributed by atoms with van der Waals surface area (Å²) in [5.74, 6) is -0.275. The van der Waals surface area contributed by atoms with E-state index in [0.717, 1.165) is 0 Å². The molecular formula is C14H10FN3O3. The maximum Gasteiger partial charge on any atom is 0.309 e. The monoisotopic (exact) mass is 287 g/mol. The predicted molar refractivity (Wildman–Crippen MR) is 69.6 cm³/mol. The Balaban J connectivity index is 1.69. The lowest BCUT2D eigenvalue weighted by Gasteiger charge is -1.98. The molecule has 1 N–H and O–H groups in total. The van der Waals surface area contributed by atoms with Gasteiger partial charge in [-0.25, -0.2) is 4.39 Å². The fourth-order valence-corrected chi connectivity index (χ4v) is 1.68. The second-order valence-electron chi connectivity index (χ2n) is 4.18. The zero-order valence-electron chi connectivity index (χ0n) is 10.7. The Bertz CT molecular complexity index is 735. The highest BCUT2D eigenvalue weighted by Crippen LogP contribution is 2.17. The normalized spacial score (nSPS) is 10.5. The van der Waals surface area contributed by atoms with Crippen molar-refractivity contribution in [1.82, 2.24) is 15.5 Å². The van der Waals surface area contributed by atoms with Crippen LogP contribution >= 0.6 is 0 Å². The van der Waals surface area contributed by atoms with E-state index in [2.05, 4.69) is 15.5 Å². The number of carbonyl (C=O) groups is 1. The van der Waals surface area contributed by atoms with Crippen LogP contribution in [0, 0.1) is 5.82 Å². The summed E-state index contributed by atoms with van der Waals surface area (Å²) in [4.78, 5) is 11.8. The van der Waals surface area contributed by atoms with Gasteiger partial charge in [0.1, 0.15) is 11.6 Å². The van der Waals surface area contributed by atoms with E-state index in [1.165, 1.54) is 30.5 Å². The molecule has 3 aromatic rings. The summed E-state index contributed by atoms with van der Waals surface area (Å²) < 4.78 is 23.2. The number of carbonyl (C=O) groups excluding carboxylic acids is 1. The van der Waals surface area contributed by atoms with E-state index in [-0.39, 0.29) is 24.1 Å². The molecule has 0 unspecified atom stereocenters. The van der Waals surface area contributed by atoms with Crippen molar-refractivity contribution in [2.24, 2.45) is 0 Å². The van der Waals surface area contributed by atoms with Gasteiger partial charge >= 0.3 is 11.8 Å². The highest BCUT2D eigenvalue weighted by atomic mass is 19.1. The molecule has 6 nitrogen and oxygen atoms in total. The van der Waals surface area contributed by atoms with Gasteiger partial charge in [0.25, 0.3) is 0 Å². The van der Waals surface area contributed by atoms with Crippen LogP contribution in [0.25, 0.3) is 11.5 Å². The standard InChI is InChI=1S/C14H10FN3O3/c15-10-5-3-9(4-6-10)13-17-18-14(21-13)12(19)16-8-11-2-1-7-20-11/h1-7H,8H2,(H,16,19). The van der Waals surface area contributed by atoms with Crippen molar-refractivity contribution in [3.05, 3.63) is 60.1 Å². The number of nitrogens with one attached hydrogen (secondary N) is 1. The SMILES string of the molecule is O=C(NCc1ccco1)c1nnc(-c2ccc(F)cc2)o1. The van der Waals surface area contributed by atoms with E-state index in [1.54, 1.807) is 12.1 Å². The van der Waals surface area contributed by atoms with Crippen molar-refractivity contribution >= 4 is 5.91 Å². The number of hydrogen-bond donors (Lipinski definition) is 1. The highest BCUT2D eigenvalue weighted by molar-refractivity contribution is 5.89. The molecule has 2 heterocycles. The van der Waals surface area contributed by atoms with Crippen molar-refractivity contribution in [3.8, 4) is 11.5 Å². The van der Waals surface area contributed by atoms with Crippen LogP contribution < -0.4 is 5.32 Å². The average Bonchev–Trinajstić information content (AvgIpc) is 3.17. The van der Waals surface area contributed by atoms with E-state index < -0.39 is 5.91 Å². The zero-order valence-corrected chi connectivity index (χ0v) is 10.7. The summed E-state index contributed by atoms with van der Waals surface area (Å²) in [6, 6.07) is 8.99. The van der Waals surface area contributed by atoms with Gasteiger partial charge in [-0.15, -0.1) is 10.2 Å². The third kappa shape index (κ3) is 2.97. The molecule has 0 aliphatic rings. The van der Waals surface area contributed by atoms with Crippen molar-refractivity contribution in [3.63, 3.8) is 0 Å². The van der Waals surface area contributed by atoms with Gasteiger partial charge < -0.3 is 14.2 Å². The number of nitrogens with zero attached hydrogens (tertiary/aromatic N) is 2. The zero-order chi connectivity index (χ0) is 14.7. The molecular weight excluding hydrogens is 277 g/mol. The number of amides is 1. The fourth-order valence-electron chi connectivity index (χ4n) is 1.68. The van der Waals surface area contributed by atoms with E-state index in [9.17, 15) is 9.18 Å². The van der Waals surface area contributed by atoms with E-state index in [4.69, 9.17) is 8.83 Å². The van der Waals surface area contributed by atoms with Gasteiger partial charge in [0, 0.05) is 5.56 Å². The lowest BCUT2D eigenvalue weighted by Crippen LogP contribution is -2.22. The third-order valence-electron chi connectivity index (χ3n) is 2.71. The van der Waals surface area contributed by atoms with Gasteiger partial charge in [0.05, 0.1) is 12.8 Å². The molecule has 106 valence electrons.